The van der Waals surface area contributed by atoms with E-state index in [-0.39, 0.29) is 5.54 Å². The lowest BCUT2D eigenvalue weighted by atomic mass is 9.98. The van der Waals surface area contributed by atoms with Crippen molar-refractivity contribution in [1.29, 1.82) is 0 Å². The molecule has 0 aliphatic heterocycles. The Balaban J connectivity index is 2.61. The maximum Gasteiger partial charge on any atom is 0.111 e. The minimum atomic E-state index is 0.0895. The van der Waals surface area contributed by atoms with Crippen molar-refractivity contribution in [1.82, 2.24) is 9.55 Å². The summed E-state index contributed by atoms with van der Waals surface area (Å²) in [7, 11) is 0. The quantitative estimate of drug-likeness (QED) is 0.734. The fourth-order valence-corrected chi connectivity index (χ4v) is 2.90. The normalized spacial score (nSPS) is 12.2. The molecule has 0 aliphatic rings. The lowest BCUT2D eigenvalue weighted by Gasteiger charge is -2.29. The number of para-hydroxylation sites is 2. The summed E-state index contributed by atoms with van der Waals surface area (Å²) in [5.41, 5.74) is 2.38. The van der Waals surface area contributed by atoms with Crippen LogP contribution in [-0.2, 0) is 12.0 Å². The highest BCUT2D eigenvalue weighted by Gasteiger charge is 2.24. The number of fused-ring (bicyclic) bond motifs is 1. The molecular weight excluding hydrogens is 244 g/mol. The van der Waals surface area contributed by atoms with Crippen LogP contribution >= 0.6 is 11.6 Å². The molecule has 1 aromatic heterocycles. The Labute approximate surface area is 114 Å². The number of aromatic nitrogens is 2. The third kappa shape index (κ3) is 2.39. The molecule has 98 valence electrons. The van der Waals surface area contributed by atoms with Crippen molar-refractivity contribution < 1.29 is 0 Å². The maximum absolute atomic E-state index is 5.91. The molecule has 0 spiro atoms. The van der Waals surface area contributed by atoms with E-state index in [0.29, 0.717) is 5.88 Å². The molecule has 0 unspecified atom stereocenters. The van der Waals surface area contributed by atoms with Gasteiger partial charge in [-0.2, -0.15) is 0 Å². The third-order valence-electron chi connectivity index (χ3n) is 3.42. The summed E-state index contributed by atoms with van der Waals surface area (Å²) in [6, 6.07) is 8.34. The van der Waals surface area contributed by atoms with Crippen LogP contribution in [0.4, 0.5) is 0 Å². The van der Waals surface area contributed by atoms with E-state index >= 15 is 0 Å². The van der Waals surface area contributed by atoms with E-state index in [2.05, 4.69) is 43.5 Å². The second-order valence-corrected chi connectivity index (χ2v) is 5.73. The van der Waals surface area contributed by atoms with Gasteiger partial charge in [0.05, 0.1) is 11.0 Å². The SMILES string of the molecule is CCCC(C)(C)n1c(CCCl)nc2ccccc21. The van der Waals surface area contributed by atoms with E-state index < -0.39 is 0 Å². The van der Waals surface area contributed by atoms with Crippen molar-refractivity contribution in [3.05, 3.63) is 30.1 Å². The van der Waals surface area contributed by atoms with Crippen LogP contribution in [0.2, 0.25) is 0 Å². The molecule has 0 fully saturated rings. The highest BCUT2D eigenvalue weighted by atomic mass is 35.5. The van der Waals surface area contributed by atoms with Crippen molar-refractivity contribution in [2.75, 3.05) is 5.88 Å². The summed E-state index contributed by atoms with van der Waals surface area (Å²) in [4.78, 5) is 4.73. The van der Waals surface area contributed by atoms with Crippen LogP contribution in [0, 0.1) is 0 Å². The molecule has 0 atom stereocenters. The van der Waals surface area contributed by atoms with Gasteiger partial charge in [0.1, 0.15) is 5.82 Å². The molecule has 0 bridgehead atoms. The number of imidazole rings is 1. The zero-order chi connectivity index (χ0) is 13.2. The van der Waals surface area contributed by atoms with Crippen LogP contribution in [0.1, 0.15) is 39.4 Å². The zero-order valence-corrected chi connectivity index (χ0v) is 12.2. The van der Waals surface area contributed by atoms with Crippen molar-refractivity contribution in [3.8, 4) is 0 Å². The van der Waals surface area contributed by atoms with E-state index in [1.165, 1.54) is 11.9 Å². The van der Waals surface area contributed by atoms with Gasteiger partial charge in [0, 0.05) is 17.8 Å². The summed E-state index contributed by atoms with van der Waals surface area (Å²) < 4.78 is 2.37. The van der Waals surface area contributed by atoms with Crippen LogP contribution < -0.4 is 0 Å². The summed E-state index contributed by atoms with van der Waals surface area (Å²) >= 11 is 5.91. The summed E-state index contributed by atoms with van der Waals surface area (Å²) in [5, 5.41) is 0. The molecule has 1 aromatic carbocycles. The van der Waals surface area contributed by atoms with Crippen LogP contribution in [0.15, 0.2) is 24.3 Å². The molecule has 0 radical (unpaired) electrons. The molecule has 0 N–H and O–H groups in total. The Morgan fingerprint density at radius 1 is 1.28 bits per heavy atom. The van der Waals surface area contributed by atoms with E-state index in [9.17, 15) is 0 Å². The monoisotopic (exact) mass is 264 g/mol. The molecule has 3 heteroatoms. The van der Waals surface area contributed by atoms with E-state index in [4.69, 9.17) is 16.6 Å². The molecule has 1 heterocycles. The van der Waals surface area contributed by atoms with Gasteiger partial charge < -0.3 is 4.57 Å². The van der Waals surface area contributed by atoms with Crippen molar-refractivity contribution >= 4 is 22.6 Å². The number of aryl methyl sites for hydroxylation is 1. The first-order valence-electron chi connectivity index (χ1n) is 6.63. The second-order valence-electron chi connectivity index (χ2n) is 5.35. The fraction of sp³-hybridized carbons (Fsp3) is 0.533. The van der Waals surface area contributed by atoms with Gasteiger partial charge in [-0.15, -0.1) is 11.6 Å². The number of hydrogen-bond acceptors (Lipinski definition) is 1. The Morgan fingerprint density at radius 3 is 2.67 bits per heavy atom. The van der Waals surface area contributed by atoms with Gasteiger partial charge in [0.15, 0.2) is 0 Å². The molecule has 0 amide bonds. The zero-order valence-electron chi connectivity index (χ0n) is 11.4. The van der Waals surface area contributed by atoms with Gasteiger partial charge in [-0.3, -0.25) is 0 Å². The Bertz CT molecular complexity index is 528. The van der Waals surface area contributed by atoms with Crippen molar-refractivity contribution in [2.45, 2.75) is 45.6 Å². The van der Waals surface area contributed by atoms with Crippen molar-refractivity contribution in [3.63, 3.8) is 0 Å². The second kappa shape index (κ2) is 5.31. The van der Waals surface area contributed by atoms with Crippen LogP contribution in [0.25, 0.3) is 11.0 Å². The highest BCUT2D eigenvalue weighted by molar-refractivity contribution is 6.17. The minimum Gasteiger partial charge on any atom is -0.322 e. The van der Waals surface area contributed by atoms with Crippen LogP contribution in [-0.4, -0.2) is 15.4 Å². The van der Waals surface area contributed by atoms with Crippen molar-refractivity contribution in [2.24, 2.45) is 0 Å². The first-order chi connectivity index (χ1) is 8.60. The average molecular weight is 265 g/mol. The van der Waals surface area contributed by atoms with Gasteiger partial charge in [-0.05, 0) is 32.4 Å². The van der Waals surface area contributed by atoms with Gasteiger partial charge in [-0.25, -0.2) is 4.98 Å². The Hall–Kier alpha value is -1.02. The Morgan fingerprint density at radius 2 is 2.00 bits per heavy atom. The first kappa shape index (κ1) is 13.4. The van der Waals surface area contributed by atoms with Gasteiger partial charge in [0.25, 0.3) is 0 Å². The van der Waals surface area contributed by atoms with E-state index in [0.717, 1.165) is 24.2 Å². The van der Waals surface area contributed by atoms with E-state index in [1.807, 2.05) is 6.07 Å². The largest absolute Gasteiger partial charge is 0.322 e. The number of halogens is 1. The smallest absolute Gasteiger partial charge is 0.111 e. The lowest BCUT2D eigenvalue weighted by Crippen LogP contribution is -2.28. The molecule has 2 nitrogen and oxygen atoms in total. The molecular formula is C15H21ClN2. The molecule has 2 rings (SSSR count). The van der Waals surface area contributed by atoms with Gasteiger partial charge >= 0.3 is 0 Å². The summed E-state index contributed by atoms with van der Waals surface area (Å²) in [6.07, 6.45) is 3.13. The third-order valence-corrected chi connectivity index (χ3v) is 3.60. The summed E-state index contributed by atoms with van der Waals surface area (Å²) in [6.45, 7) is 6.78. The fourth-order valence-electron chi connectivity index (χ4n) is 2.73. The lowest BCUT2D eigenvalue weighted by molar-refractivity contribution is 0.324. The molecule has 0 saturated carbocycles. The molecule has 0 aliphatic carbocycles. The van der Waals surface area contributed by atoms with Gasteiger partial charge in [0.2, 0.25) is 0 Å². The minimum absolute atomic E-state index is 0.0895. The number of rotatable bonds is 5. The van der Waals surface area contributed by atoms with E-state index in [1.54, 1.807) is 0 Å². The summed E-state index contributed by atoms with van der Waals surface area (Å²) in [5.74, 6) is 1.72. The highest BCUT2D eigenvalue weighted by Crippen LogP contribution is 2.29. The number of benzene rings is 1. The average Bonchev–Trinajstić information content (AvgIpc) is 2.67. The topological polar surface area (TPSA) is 17.8 Å². The van der Waals surface area contributed by atoms with Crippen LogP contribution in [0.3, 0.4) is 0 Å². The van der Waals surface area contributed by atoms with Gasteiger partial charge in [-0.1, -0.05) is 25.5 Å². The molecule has 2 aromatic rings. The van der Waals surface area contributed by atoms with Crippen LogP contribution in [0.5, 0.6) is 0 Å². The maximum atomic E-state index is 5.91. The first-order valence-corrected chi connectivity index (χ1v) is 7.16. The predicted octanol–water partition coefficient (Wildman–Crippen LogP) is 4.35. The number of nitrogens with zero attached hydrogens (tertiary/aromatic N) is 2. The molecule has 0 saturated heterocycles. The Kier molecular flexibility index (Phi) is 3.96. The molecule has 18 heavy (non-hydrogen) atoms. The number of alkyl halides is 1. The standard InChI is InChI=1S/C15H21ClN2/c1-4-10-15(2,3)18-13-8-6-5-7-12(13)17-14(18)9-11-16/h5-8H,4,9-11H2,1-3H3. The predicted molar refractivity (Wildman–Crippen MR) is 78.4 cm³/mol. The number of hydrogen-bond donors (Lipinski definition) is 0.